The van der Waals surface area contributed by atoms with Crippen LogP contribution in [0.2, 0.25) is 0 Å². The van der Waals surface area contributed by atoms with E-state index < -0.39 is 0 Å². The fourth-order valence-corrected chi connectivity index (χ4v) is 3.81. The Labute approximate surface area is 161 Å². The second-order valence-electron chi connectivity index (χ2n) is 9.01. The molecule has 0 aromatic rings. The van der Waals surface area contributed by atoms with Gasteiger partial charge in [-0.15, -0.1) is 0 Å². The van der Waals surface area contributed by atoms with E-state index in [1.807, 2.05) is 0 Å². The van der Waals surface area contributed by atoms with Gasteiger partial charge in [-0.05, 0) is 42.9 Å². The second-order valence-corrected chi connectivity index (χ2v) is 9.01. The highest BCUT2D eigenvalue weighted by atomic mass is 14.2. The van der Waals surface area contributed by atoms with Gasteiger partial charge in [-0.25, -0.2) is 0 Å². The van der Waals surface area contributed by atoms with Crippen molar-refractivity contribution in [3.8, 4) is 0 Å². The molecule has 25 heavy (non-hydrogen) atoms. The molecular weight excluding hydrogens is 300 g/mol. The Kier molecular flexibility index (Phi) is 17.0. The molecule has 0 saturated carbocycles. The Morgan fingerprint density at radius 2 is 1.28 bits per heavy atom. The molecule has 0 radical (unpaired) electrons. The molecule has 0 heterocycles. The quantitative estimate of drug-likeness (QED) is 0.181. The maximum absolute atomic E-state index is 2.49. The van der Waals surface area contributed by atoms with Gasteiger partial charge in [0.2, 0.25) is 0 Å². The van der Waals surface area contributed by atoms with Crippen LogP contribution in [-0.2, 0) is 0 Å². The summed E-state index contributed by atoms with van der Waals surface area (Å²) >= 11 is 0. The molecule has 0 bridgehead atoms. The van der Waals surface area contributed by atoms with Crippen LogP contribution in [0.5, 0.6) is 0 Å². The molecule has 0 nitrogen and oxygen atoms in total. The van der Waals surface area contributed by atoms with E-state index in [2.05, 4.69) is 53.7 Å². The average molecular weight is 351 g/mol. The molecule has 0 amide bonds. The van der Waals surface area contributed by atoms with Gasteiger partial charge < -0.3 is 0 Å². The standard InChI is InChI=1S/C25H50/c1-7-9-11-13-16-23(5)20-21-24(6)17-14-15-19-25(22(3)4)18-12-10-8-2/h14,17,22-25H,7-13,15-16,18-21H2,1-6H3. The number of hydrogen-bond donors (Lipinski definition) is 0. The lowest BCUT2D eigenvalue weighted by Gasteiger charge is -2.20. The zero-order valence-electron chi connectivity index (χ0n) is 18.7. The summed E-state index contributed by atoms with van der Waals surface area (Å²) in [4.78, 5) is 0. The highest BCUT2D eigenvalue weighted by molar-refractivity contribution is 4.87. The van der Waals surface area contributed by atoms with Gasteiger partial charge in [0.05, 0.1) is 0 Å². The highest BCUT2D eigenvalue weighted by Gasteiger charge is 2.12. The minimum Gasteiger partial charge on any atom is -0.0883 e. The minimum atomic E-state index is 0.760. The summed E-state index contributed by atoms with van der Waals surface area (Å²) in [5, 5.41) is 0. The summed E-state index contributed by atoms with van der Waals surface area (Å²) in [6, 6.07) is 0. The fourth-order valence-electron chi connectivity index (χ4n) is 3.81. The van der Waals surface area contributed by atoms with E-state index >= 15 is 0 Å². The van der Waals surface area contributed by atoms with Gasteiger partial charge in [-0.1, -0.05) is 118 Å². The first-order valence-electron chi connectivity index (χ1n) is 11.7. The molecule has 0 rings (SSSR count). The molecule has 150 valence electrons. The van der Waals surface area contributed by atoms with Crippen LogP contribution in [0.1, 0.15) is 125 Å². The third kappa shape index (κ3) is 15.7. The van der Waals surface area contributed by atoms with Gasteiger partial charge in [0.25, 0.3) is 0 Å². The van der Waals surface area contributed by atoms with Crippen molar-refractivity contribution < 1.29 is 0 Å². The van der Waals surface area contributed by atoms with Crippen LogP contribution in [-0.4, -0.2) is 0 Å². The first kappa shape index (κ1) is 24.7. The molecule has 0 heteroatoms. The van der Waals surface area contributed by atoms with Gasteiger partial charge in [0, 0.05) is 0 Å². The Hall–Kier alpha value is -0.260. The van der Waals surface area contributed by atoms with Crippen molar-refractivity contribution in [3.05, 3.63) is 12.2 Å². The predicted octanol–water partition coefficient (Wildman–Crippen LogP) is 9.20. The van der Waals surface area contributed by atoms with Gasteiger partial charge in [-0.2, -0.15) is 0 Å². The van der Waals surface area contributed by atoms with Gasteiger partial charge >= 0.3 is 0 Å². The van der Waals surface area contributed by atoms with Crippen molar-refractivity contribution in [1.82, 2.24) is 0 Å². The van der Waals surface area contributed by atoms with Gasteiger partial charge in [0.1, 0.15) is 0 Å². The van der Waals surface area contributed by atoms with E-state index in [-0.39, 0.29) is 0 Å². The molecule has 3 atom stereocenters. The maximum Gasteiger partial charge on any atom is -0.0262 e. The highest BCUT2D eigenvalue weighted by Crippen LogP contribution is 2.24. The predicted molar refractivity (Wildman–Crippen MR) is 117 cm³/mol. The largest absolute Gasteiger partial charge is 0.0883 e. The summed E-state index contributed by atoms with van der Waals surface area (Å²) in [6.07, 6.45) is 23.1. The molecule has 0 aliphatic carbocycles. The number of hydrogen-bond acceptors (Lipinski definition) is 0. The maximum atomic E-state index is 2.49. The van der Waals surface area contributed by atoms with E-state index in [1.165, 1.54) is 83.5 Å². The summed E-state index contributed by atoms with van der Waals surface area (Å²) in [5.74, 6) is 3.44. The van der Waals surface area contributed by atoms with E-state index in [0.717, 1.165) is 23.7 Å². The summed E-state index contributed by atoms with van der Waals surface area (Å²) in [7, 11) is 0. The number of rotatable bonds is 17. The molecule has 0 N–H and O–H groups in total. The summed E-state index contributed by atoms with van der Waals surface area (Å²) in [6.45, 7) is 14.3. The first-order valence-corrected chi connectivity index (χ1v) is 11.7. The Balaban J connectivity index is 3.83. The Morgan fingerprint density at radius 3 is 1.92 bits per heavy atom. The third-order valence-electron chi connectivity index (χ3n) is 5.96. The van der Waals surface area contributed by atoms with Crippen LogP contribution in [0.3, 0.4) is 0 Å². The molecular formula is C25H50. The molecule has 3 unspecified atom stereocenters. The molecule has 0 spiro atoms. The van der Waals surface area contributed by atoms with E-state index in [9.17, 15) is 0 Å². The normalized spacial score (nSPS) is 15.8. The first-order chi connectivity index (χ1) is 12.0. The van der Waals surface area contributed by atoms with Crippen LogP contribution in [0.4, 0.5) is 0 Å². The van der Waals surface area contributed by atoms with Crippen LogP contribution in [0, 0.1) is 23.7 Å². The monoisotopic (exact) mass is 350 g/mol. The molecule has 0 aromatic carbocycles. The van der Waals surface area contributed by atoms with E-state index in [0.29, 0.717) is 0 Å². The average Bonchev–Trinajstić information content (AvgIpc) is 2.58. The van der Waals surface area contributed by atoms with Crippen LogP contribution < -0.4 is 0 Å². The zero-order valence-corrected chi connectivity index (χ0v) is 18.7. The van der Waals surface area contributed by atoms with Crippen molar-refractivity contribution in [2.45, 2.75) is 125 Å². The van der Waals surface area contributed by atoms with Crippen LogP contribution >= 0.6 is 0 Å². The van der Waals surface area contributed by atoms with Gasteiger partial charge in [0.15, 0.2) is 0 Å². The summed E-state index contributed by atoms with van der Waals surface area (Å²) in [5.41, 5.74) is 0. The van der Waals surface area contributed by atoms with Crippen LogP contribution in [0.25, 0.3) is 0 Å². The molecule has 0 fully saturated rings. The second kappa shape index (κ2) is 17.2. The Morgan fingerprint density at radius 1 is 0.640 bits per heavy atom. The lowest BCUT2D eigenvalue weighted by Crippen LogP contribution is -2.08. The van der Waals surface area contributed by atoms with Crippen molar-refractivity contribution in [1.29, 1.82) is 0 Å². The van der Waals surface area contributed by atoms with Crippen molar-refractivity contribution >= 4 is 0 Å². The lowest BCUT2D eigenvalue weighted by atomic mass is 9.86. The molecule has 0 aliphatic rings. The van der Waals surface area contributed by atoms with E-state index in [4.69, 9.17) is 0 Å². The van der Waals surface area contributed by atoms with Gasteiger partial charge in [-0.3, -0.25) is 0 Å². The zero-order chi connectivity index (χ0) is 18.9. The fraction of sp³-hybridized carbons (Fsp3) is 0.920. The molecule has 0 saturated heterocycles. The Bertz CT molecular complexity index is 288. The van der Waals surface area contributed by atoms with Crippen molar-refractivity contribution in [2.24, 2.45) is 23.7 Å². The third-order valence-corrected chi connectivity index (χ3v) is 5.96. The lowest BCUT2D eigenvalue weighted by molar-refractivity contribution is 0.327. The van der Waals surface area contributed by atoms with E-state index in [1.54, 1.807) is 0 Å². The van der Waals surface area contributed by atoms with Crippen LogP contribution in [0.15, 0.2) is 12.2 Å². The molecule has 0 aliphatic heterocycles. The van der Waals surface area contributed by atoms with Crippen molar-refractivity contribution in [2.75, 3.05) is 0 Å². The molecule has 0 aromatic heterocycles. The number of unbranched alkanes of at least 4 members (excludes halogenated alkanes) is 5. The SMILES string of the molecule is CCCCCCC(C)CCC(C)C=CCCC(CCCCC)C(C)C. The van der Waals surface area contributed by atoms with Crippen molar-refractivity contribution in [3.63, 3.8) is 0 Å². The number of allylic oxidation sites excluding steroid dienone is 2. The topological polar surface area (TPSA) is 0 Å². The smallest absolute Gasteiger partial charge is 0.0262 e. The summed E-state index contributed by atoms with van der Waals surface area (Å²) < 4.78 is 0. The minimum absolute atomic E-state index is 0.760.